The first kappa shape index (κ1) is 20.4. The highest BCUT2D eigenvalue weighted by Gasteiger charge is 2.38. The molecule has 0 heterocycles. The van der Waals surface area contributed by atoms with Crippen LogP contribution < -0.4 is 16.0 Å². The number of carbonyl (C=O) groups is 2. The number of carboxylic acids is 1. The Morgan fingerprint density at radius 3 is 1.96 bits per heavy atom. The number of hydrogen-bond donors (Lipinski definition) is 3. The summed E-state index contributed by atoms with van der Waals surface area (Å²) in [5, 5.41) is 7.12. The van der Waals surface area contributed by atoms with E-state index in [0.717, 1.165) is 6.07 Å². The molecule has 130 valence electrons. The van der Waals surface area contributed by atoms with Crippen LogP contribution in [-0.2, 0) is 4.79 Å². The van der Waals surface area contributed by atoms with Gasteiger partial charge in [0.25, 0.3) is 5.91 Å². The van der Waals surface area contributed by atoms with Gasteiger partial charge in [-0.3, -0.25) is 10.2 Å². The van der Waals surface area contributed by atoms with E-state index in [9.17, 15) is 35.5 Å². The van der Waals surface area contributed by atoms with Gasteiger partial charge in [-0.15, -0.1) is 13.2 Å². The SMILES string of the molecule is NNC(=O)c1cc(OC(F)(F)F)ccc1F.O=C(O)C(F)(F)F. The lowest BCUT2D eigenvalue weighted by molar-refractivity contribution is -0.274. The first-order chi connectivity index (χ1) is 10.3. The van der Waals surface area contributed by atoms with Crippen LogP contribution in [0.5, 0.6) is 5.75 Å². The number of carbonyl (C=O) groups excluding carboxylic acids is 1. The van der Waals surface area contributed by atoms with Crippen LogP contribution in [0.3, 0.4) is 0 Å². The lowest BCUT2D eigenvalue weighted by Gasteiger charge is -2.10. The second-order valence-electron chi connectivity index (χ2n) is 3.47. The number of amides is 1. The van der Waals surface area contributed by atoms with E-state index in [4.69, 9.17) is 15.7 Å². The fourth-order valence-corrected chi connectivity index (χ4v) is 0.953. The van der Waals surface area contributed by atoms with Crippen molar-refractivity contribution in [3.63, 3.8) is 0 Å². The molecule has 0 aromatic heterocycles. The van der Waals surface area contributed by atoms with Gasteiger partial charge in [0, 0.05) is 0 Å². The Labute approximate surface area is 122 Å². The fourth-order valence-electron chi connectivity index (χ4n) is 0.953. The summed E-state index contributed by atoms with van der Waals surface area (Å²) in [5.41, 5.74) is 0.961. The van der Waals surface area contributed by atoms with Crippen molar-refractivity contribution in [1.82, 2.24) is 5.43 Å². The van der Waals surface area contributed by atoms with Gasteiger partial charge in [-0.1, -0.05) is 0 Å². The van der Waals surface area contributed by atoms with Crippen LogP contribution in [-0.4, -0.2) is 29.5 Å². The second kappa shape index (κ2) is 7.62. The third kappa shape index (κ3) is 7.85. The molecule has 0 radical (unpaired) electrons. The first-order valence-electron chi connectivity index (χ1n) is 5.14. The van der Waals surface area contributed by atoms with Crippen LogP contribution in [0, 0.1) is 5.82 Å². The molecule has 0 atom stereocenters. The molecule has 0 spiro atoms. The van der Waals surface area contributed by atoms with Crippen molar-refractivity contribution in [3.05, 3.63) is 29.6 Å². The van der Waals surface area contributed by atoms with Crippen molar-refractivity contribution in [2.75, 3.05) is 0 Å². The Bertz CT molecular complexity index is 571. The van der Waals surface area contributed by atoms with Crippen LogP contribution >= 0.6 is 0 Å². The summed E-state index contributed by atoms with van der Waals surface area (Å²) in [5.74, 6) is -0.790. The van der Waals surface area contributed by atoms with Crippen LogP contribution in [0.15, 0.2) is 18.2 Å². The lowest BCUT2D eigenvalue weighted by Crippen LogP contribution is -2.30. The molecular formula is C10H7F7N2O4. The highest BCUT2D eigenvalue weighted by atomic mass is 19.4. The minimum atomic E-state index is -5.08. The summed E-state index contributed by atoms with van der Waals surface area (Å²) in [6, 6.07) is 2.02. The molecule has 1 amide bonds. The molecule has 4 N–H and O–H groups in total. The molecule has 0 aliphatic rings. The molecule has 0 aliphatic carbocycles. The zero-order chi connectivity index (χ0) is 18.4. The topological polar surface area (TPSA) is 102 Å². The Morgan fingerprint density at radius 1 is 1.13 bits per heavy atom. The van der Waals surface area contributed by atoms with Crippen molar-refractivity contribution < 1.29 is 50.2 Å². The number of nitrogens with one attached hydrogen (secondary N) is 1. The van der Waals surface area contributed by atoms with Gasteiger partial charge in [0.1, 0.15) is 11.6 Å². The van der Waals surface area contributed by atoms with Crippen molar-refractivity contribution >= 4 is 11.9 Å². The lowest BCUT2D eigenvalue weighted by atomic mass is 10.2. The number of nitrogens with two attached hydrogens (primary N) is 1. The number of carboxylic acid groups (broad SMARTS) is 1. The number of alkyl halides is 6. The van der Waals surface area contributed by atoms with Gasteiger partial charge in [-0.25, -0.2) is 15.0 Å². The normalized spacial score (nSPS) is 11.1. The number of rotatable bonds is 2. The van der Waals surface area contributed by atoms with Crippen LogP contribution in [0.4, 0.5) is 30.7 Å². The molecule has 0 aliphatic heterocycles. The van der Waals surface area contributed by atoms with E-state index < -0.39 is 41.5 Å². The van der Waals surface area contributed by atoms with E-state index in [1.54, 1.807) is 5.43 Å². The Morgan fingerprint density at radius 2 is 1.61 bits per heavy atom. The van der Waals surface area contributed by atoms with Gasteiger partial charge in [0.05, 0.1) is 5.56 Å². The molecule has 0 saturated carbocycles. The minimum absolute atomic E-state index is 0.602. The molecule has 0 saturated heterocycles. The maximum Gasteiger partial charge on any atom is 0.573 e. The smallest absolute Gasteiger partial charge is 0.475 e. The van der Waals surface area contributed by atoms with E-state index >= 15 is 0 Å². The Balaban J connectivity index is 0.000000585. The maximum absolute atomic E-state index is 13.0. The maximum atomic E-state index is 13.0. The third-order valence-electron chi connectivity index (χ3n) is 1.79. The summed E-state index contributed by atoms with van der Waals surface area (Å²) in [6.45, 7) is 0. The third-order valence-corrected chi connectivity index (χ3v) is 1.79. The molecule has 1 aromatic carbocycles. The molecule has 0 fully saturated rings. The average molecular weight is 352 g/mol. The number of ether oxygens (including phenoxy) is 1. The van der Waals surface area contributed by atoms with Crippen molar-refractivity contribution in [2.24, 2.45) is 5.84 Å². The number of aliphatic carboxylic acids is 1. The number of benzene rings is 1. The van der Waals surface area contributed by atoms with Crippen molar-refractivity contribution in [3.8, 4) is 5.75 Å². The summed E-state index contributed by atoms with van der Waals surface area (Å²) in [7, 11) is 0. The van der Waals surface area contributed by atoms with Crippen LogP contribution in [0.1, 0.15) is 10.4 Å². The van der Waals surface area contributed by atoms with Crippen molar-refractivity contribution in [1.29, 1.82) is 0 Å². The summed E-state index contributed by atoms with van der Waals surface area (Å²) >= 11 is 0. The van der Waals surface area contributed by atoms with Crippen molar-refractivity contribution in [2.45, 2.75) is 12.5 Å². The van der Waals surface area contributed by atoms with E-state index in [2.05, 4.69) is 4.74 Å². The molecular weight excluding hydrogens is 345 g/mol. The van der Waals surface area contributed by atoms with Gasteiger partial charge in [-0.05, 0) is 18.2 Å². The summed E-state index contributed by atoms with van der Waals surface area (Å²) in [6.07, 6.45) is -9.99. The molecule has 1 rings (SSSR count). The predicted octanol–water partition coefficient (Wildman–Crippen LogP) is 1.96. The van der Waals surface area contributed by atoms with Gasteiger partial charge < -0.3 is 9.84 Å². The summed E-state index contributed by atoms with van der Waals surface area (Å²) < 4.78 is 83.7. The second-order valence-corrected chi connectivity index (χ2v) is 3.47. The Kier molecular flexibility index (Phi) is 6.77. The van der Waals surface area contributed by atoms with E-state index in [1.807, 2.05) is 0 Å². The van der Waals surface area contributed by atoms with Gasteiger partial charge in [-0.2, -0.15) is 13.2 Å². The quantitative estimate of drug-likeness (QED) is 0.327. The standard InChI is InChI=1S/C8H6F4N2O2.C2HF3O2/c9-6-2-1-4(16-8(10,11)12)3-5(6)7(15)14-13;3-2(4,5)1(6)7/h1-3H,13H2,(H,14,15);(H,6,7). The van der Waals surface area contributed by atoms with Crippen LogP contribution in [0.2, 0.25) is 0 Å². The van der Waals surface area contributed by atoms with E-state index in [-0.39, 0.29) is 0 Å². The highest BCUT2D eigenvalue weighted by molar-refractivity contribution is 5.94. The van der Waals surface area contributed by atoms with E-state index in [1.165, 1.54) is 0 Å². The van der Waals surface area contributed by atoms with Gasteiger partial charge >= 0.3 is 18.5 Å². The van der Waals surface area contributed by atoms with E-state index in [0.29, 0.717) is 12.1 Å². The molecule has 0 bridgehead atoms. The number of halogens is 7. The Hall–Kier alpha value is -2.57. The predicted molar refractivity (Wildman–Crippen MR) is 58.4 cm³/mol. The minimum Gasteiger partial charge on any atom is -0.475 e. The zero-order valence-electron chi connectivity index (χ0n) is 10.6. The fraction of sp³-hybridized carbons (Fsp3) is 0.200. The summed E-state index contributed by atoms with van der Waals surface area (Å²) in [4.78, 5) is 19.8. The molecule has 13 heteroatoms. The zero-order valence-corrected chi connectivity index (χ0v) is 10.6. The number of nitrogen functional groups attached to an aromatic ring is 1. The first-order valence-corrected chi connectivity index (χ1v) is 5.14. The largest absolute Gasteiger partial charge is 0.573 e. The van der Waals surface area contributed by atoms with Crippen LogP contribution in [0.25, 0.3) is 0 Å². The molecule has 0 unspecified atom stereocenters. The number of hydrazine groups is 1. The number of hydrogen-bond acceptors (Lipinski definition) is 4. The molecule has 23 heavy (non-hydrogen) atoms. The monoisotopic (exact) mass is 352 g/mol. The van der Waals surface area contributed by atoms with Gasteiger partial charge in [0.15, 0.2) is 0 Å². The highest BCUT2D eigenvalue weighted by Crippen LogP contribution is 2.24. The molecule has 1 aromatic rings. The average Bonchev–Trinajstić information content (AvgIpc) is 2.38. The van der Waals surface area contributed by atoms with Gasteiger partial charge in [0.2, 0.25) is 0 Å². The molecule has 6 nitrogen and oxygen atoms in total.